The first-order chi connectivity index (χ1) is 16.2. The first kappa shape index (κ1) is 20.7. The molecule has 0 unspecified atom stereocenters. The van der Waals surface area contributed by atoms with Crippen molar-refractivity contribution in [3.63, 3.8) is 0 Å². The number of nitrogens with one attached hydrogen (secondary N) is 1. The maximum Gasteiger partial charge on any atom is 0.257 e. The highest BCUT2D eigenvalue weighted by Crippen LogP contribution is 2.30. The summed E-state index contributed by atoms with van der Waals surface area (Å²) in [6.45, 7) is 3.00. The van der Waals surface area contributed by atoms with Crippen LogP contribution < -0.4 is 10.1 Å². The molecule has 1 N–H and O–H groups in total. The van der Waals surface area contributed by atoms with E-state index in [4.69, 9.17) is 10.00 Å². The molecule has 0 bridgehead atoms. The van der Waals surface area contributed by atoms with E-state index in [9.17, 15) is 4.79 Å². The number of nitrogens with zero attached hydrogens (tertiary/aromatic N) is 4. The Bertz CT molecular complexity index is 1360. The smallest absolute Gasteiger partial charge is 0.257 e. The highest BCUT2D eigenvalue weighted by molar-refractivity contribution is 5.97. The largest absolute Gasteiger partial charge is 0.496 e. The number of fused-ring (bicyclic) bond motifs is 1. The minimum Gasteiger partial charge on any atom is -0.496 e. The molecule has 1 fully saturated rings. The third-order valence-electron chi connectivity index (χ3n) is 5.98. The maximum absolute atomic E-state index is 13.0. The van der Waals surface area contributed by atoms with Crippen LogP contribution in [0.25, 0.3) is 28.0 Å². The number of rotatable bonds is 4. The van der Waals surface area contributed by atoms with Crippen LogP contribution in [-0.2, 0) is 0 Å². The minimum atomic E-state index is -0.00642. The van der Waals surface area contributed by atoms with E-state index in [0.29, 0.717) is 30.0 Å². The van der Waals surface area contributed by atoms with Crippen LogP contribution >= 0.6 is 0 Å². The zero-order valence-corrected chi connectivity index (χ0v) is 18.3. The second-order valence-corrected chi connectivity index (χ2v) is 7.94. The summed E-state index contributed by atoms with van der Waals surface area (Å²) in [5.41, 5.74) is 5.87. The summed E-state index contributed by atoms with van der Waals surface area (Å²) >= 11 is 0. The molecule has 7 heteroatoms. The summed E-state index contributed by atoms with van der Waals surface area (Å²) in [5, 5.41) is 12.3. The zero-order valence-electron chi connectivity index (χ0n) is 18.3. The Morgan fingerprint density at radius 3 is 2.48 bits per heavy atom. The molecule has 4 aromatic rings. The predicted octanol–water partition coefficient (Wildman–Crippen LogP) is 3.59. The highest BCUT2D eigenvalue weighted by Gasteiger charge is 2.21. The van der Waals surface area contributed by atoms with Crippen LogP contribution in [0.1, 0.15) is 15.9 Å². The van der Waals surface area contributed by atoms with Crippen molar-refractivity contribution in [3.05, 3.63) is 78.1 Å². The van der Waals surface area contributed by atoms with Crippen molar-refractivity contribution in [1.82, 2.24) is 19.6 Å². The van der Waals surface area contributed by atoms with Gasteiger partial charge in [0.2, 0.25) is 0 Å². The van der Waals surface area contributed by atoms with Gasteiger partial charge in [0.25, 0.3) is 5.91 Å². The molecular formula is C26H23N5O2. The lowest BCUT2D eigenvalue weighted by Crippen LogP contribution is -2.46. The first-order valence-electron chi connectivity index (χ1n) is 10.8. The third-order valence-corrected chi connectivity index (χ3v) is 5.98. The molecule has 164 valence electrons. The van der Waals surface area contributed by atoms with Crippen molar-refractivity contribution < 1.29 is 9.53 Å². The Hall–Kier alpha value is -4.15. The number of imidazole rings is 1. The summed E-state index contributed by atoms with van der Waals surface area (Å²) in [6, 6.07) is 19.3. The molecule has 1 aliphatic heterocycles. The lowest BCUT2D eigenvalue weighted by molar-refractivity contribution is 0.0732. The normalized spacial score (nSPS) is 13.6. The molecule has 3 heterocycles. The molecule has 2 aromatic carbocycles. The van der Waals surface area contributed by atoms with Crippen molar-refractivity contribution in [2.45, 2.75) is 0 Å². The summed E-state index contributed by atoms with van der Waals surface area (Å²) < 4.78 is 7.63. The second kappa shape index (κ2) is 8.77. The van der Waals surface area contributed by atoms with E-state index < -0.39 is 0 Å². The Balaban J connectivity index is 1.51. The third kappa shape index (κ3) is 3.93. The minimum absolute atomic E-state index is 0.00642. The monoisotopic (exact) mass is 437 g/mol. The van der Waals surface area contributed by atoms with Gasteiger partial charge in [-0.05, 0) is 47.5 Å². The molecule has 1 aliphatic rings. The van der Waals surface area contributed by atoms with E-state index in [1.54, 1.807) is 19.2 Å². The van der Waals surface area contributed by atoms with Crippen molar-refractivity contribution in [2.24, 2.45) is 0 Å². The zero-order chi connectivity index (χ0) is 22.8. The molecular weight excluding hydrogens is 414 g/mol. The molecule has 0 saturated carbocycles. The van der Waals surface area contributed by atoms with Gasteiger partial charge in [0.05, 0.1) is 36.2 Å². The van der Waals surface area contributed by atoms with Gasteiger partial charge in [-0.25, -0.2) is 4.98 Å². The number of pyridine rings is 1. The molecule has 1 saturated heterocycles. The van der Waals surface area contributed by atoms with Crippen LogP contribution in [0.5, 0.6) is 5.75 Å². The standard InChI is InChI=1S/C26H23N5O2/c1-33-24-14-20(6-8-22(24)26(32)30-12-10-28-11-13-30)21-7-9-25-29-16-23(31(25)17-21)19-4-2-18(15-27)3-5-19/h2-9,14,16-17,28H,10-13H2,1H3. The van der Waals surface area contributed by atoms with Crippen molar-refractivity contribution in [1.29, 1.82) is 5.26 Å². The van der Waals surface area contributed by atoms with Crippen LogP contribution in [0.15, 0.2) is 67.0 Å². The van der Waals surface area contributed by atoms with Crippen LogP contribution in [0.4, 0.5) is 0 Å². The molecule has 33 heavy (non-hydrogen) atoms. The lowest BCUT2D eigenvalue weighted by atomic mass is 10.0. The van der Waals surface area contributed by atoms with E-state index in [2.05, 4.69) is 16.4 Å². The molecule has 0 radical (unpaired) electrons. The van der Waals surface area contributed by atoms with Crippen molar-refractivity contribution >= 4 is 11.6 Å². The Kier molecular flexibility index (Phi) is 5.51. The van der Waals surface area contributed by atoms with E-state index in [0.717, 1.165) is 41.1 Å². The molecule has 0 atom stereocenters. The van der Waals surface area contributed by atoms with E-state index in [-0.39, 0.29) is 5.91 Å². The number of hydrogen-bond donors (Lipinski definition) is 1. The number of ether oxygens (including phenoxy) is 1. The maximum atomic E-state index is 13.0. The molecule has 2 aromatic heterocycles. The summed E-state index contributed by atoms with van der Waals surface area (Å²) in [4.78, 5) is 19.4. The number of benzene rings is 2. The van der Waals surface area contributed by atoms with Gasteiger partial charge in [0.1, 0.15) is 11.4 Å². The first-order valence-corrected chi connectivity index (χ1v) is 10.8. The molecule has 7 nitrogen and oxygen atoms in total. The van der Waals surface area contributed by atoms with Gasteiger partial charge < -0.3 is 15.0 Å². The van der Waals surface area contributed by atoms with Gasteiger partial charge in [-0.15, -0.1) is 0 Å². The average molecular weight is 438 g/mol. The molecule has 5 rings (SSSR count). The van der Waals surface area contributed by atoms with Crippen LogP contribution in [-0.4, -0.2) is 53.5 Å². The predicted molar refractivity (Wildman–Crippen MR) is 126 cm³/mol. The van der Waals surface area contributed by atoms with Gasteiger partial charge >= 0.3 is 0 Å². The van der Waals surface area contributed by atoms with Gasteiger partial charge in [0, 0.05) is 37.9 Å². The molecule has 0 spiro atoms. The van der Waals surface area contributed by atoms with Gasteiger partial charge in [-0.3, -0.25) is 9.20 Å². The van der Waals surface area contributed by atoms with Crippen molar-refractivity contribution in [3.8, 4) is 34.2 Å². The fourth-order valence-corrected chi connectivity index (χ4v) is 4.17. The fourth-order valence-electron chi connectivity index (χ4n) is 4.17. The van der Waals surface area contributed by atoms with Gasteiger partial charge in [0.15, 0.2) is 0 Å². The average Bonchev–Trinajstić information content (AvgIpc) is 3.31. The molecule has 0 aliphatic carbocycles. The highest BCUT2D eigenvalue weighted by atomic mass is 16.5. The number of carbonyl (C=O) groups excluding carboxylic acids is 1. The summed E-state index contributed by atoms with van der Waals surface area (Å²) in [5.74, 6) is 0.558. The van der Waals surface area contributed by atoms with E-state index in [1.807, 2.05) is 64.2 Å². The fraction of sp³-hybridized carbons (Fsp3) is 0.192. The lowest BCUT2D eigenvalue weighted by Gasteiger charge is -2.28. The van der Waals surface area contributed by atoms with Gasteiger partial charge in [-0.2, -0.15) is 5.26 Å². The quantitative estimate of drug-likeness (QED) is 0.528. The summed E-state index contributed by atoms with van der Waals surface area (Å²) in [7, 11) is 1.59. The van der Waals surface area contributed by atoms with Crippen LogP contribution in [0.2, 0.25) is 0 Å². The van der Waals surface area contributed by atoms with E-state index in [1.165, 1.54) is 0 Å². The molecule has 1 amide bonds. The van der Waals surface area contributed by atoms with Crippen molar-refractivity contribution in [2.75, 3.05) is 33.3 Å². The van der Waals surface area contributed by atoms with Gasteiger partial charge in [-0.1, -0.05) is 18.2 Å². The summed E-state index contributed by atoms with van der Waals surface area (Å²) in [6.07, 6.45) is 3.86. The Labute approximate surface area is 191 Å². The Morgan fingerprint density at radius 1 is 1.03 bits per heavy atom. The SMILES string of the molecule is COc1cc(-c2ccc3ncc(-c4ccc(C#N)cc4)n3c2)ccc1C(=O)N1CCNCC1. The second-order valence-electron chi connectivity index (χ2n) is 7.94. The number of amides is 1. The number of methoxy groups -OCH3 is 1. The Morgan fingerprint density at radius 2 is 1.76 bits per heavy atom. The van der Waals surface area contributed by atoms with E-state index >= 15 is 0 Å². The van der Waals surface area contributed by atoms with Crippen LogP contribution in [0, 0.1) is 11.3 Å². The number of nitriles is 1. The van der Waals surface area contributed by atoms with Crippen LogP contribution in [0.3, 0.4) is 0 Å². The number of carbonyl (C=O) groups is 1. The number of aromatic nitrogens is 2. The topological polar surface area (TPSA) is 82.7 Å². The number of piperazine rings is 1. The number of hydrogen-bond acceptors (Lipinski definition) is 5.